The van der Waals surface area contributed by atoms with Crippen molar-refractivity contribution < 1.29 is 28.2 Å². The SMILES string of the molecule is CC[Si](CC)(CC)OCCC(C[CH](O[Si](CC)(CC)CC)[Zr]([Cl])[Cl])(c1cccc2c1Cc1ccccc1-2)c1cccc2c1Cc1ccccc1-2. The molecule has 0 spiro atoms. The van der Waals surface area contributed by atoms with E-state index in [4.69, 9.17) is 25.9 Å². The van der Waals surface area contributed by atoms with Gasteiger partial charge in [0, 0.05) is 0 Å². The third kappa shape index (κ3) is 7.16. The Morgan fingerprint density at radius 2 is 1.04 bits per heavy atom. The summed E-state index contributed by atoms with van der Waals surface area (Å²) in [7, 11) is 10.7. The van der Waals surface area contributed by atoms with Crippen LogP contribution in [0.15, 0.2) is 84.9 Å². The summed E-state index contributed by atoms with van der Waals surface area (Å²) in [5.41, 5.74) is 13.6. The van der Waals surface area contributed by atoms with Crippen LogP contribution in [0.5, 0.6) is 0 Å². The van der Waals surface area contributed by atoms with Gasteiger partial charge in [0.15, 0.2) is 0 Å². The van der Waals surface area contributed by atoms with Crippen molar-refractivity contribution in [3.05, 3.63) is 118 Å². The van der Waals surface area contributed by atoms with Crippen molar-refractivity contribution in [1.82, 2.24) is 0 Å². The van der Waals surface area contributed by atoms with Crippen molar-refractivity contribution in [2.45, 2.75) is 113 Å². The molecule has 0 bridgehead atoms. The number of rotatable bonds is 17. The van der Waals surface area contributed by atoms with Gasteiger partial charge in [-0.05, 0) is 0 Å². The molecule has 2 aliphatic rings. The summed E-state index contributed by atoms with van der Waals surface area (Å²) in [6.45, 7) is 14.7. The summed E-state index contributed by atoms with van der Waals surface area (Å²) in [4.78, 5) is 0. The van der Waals surface area contributed by atoms with Crippen LogP contribution in [0.3, 0.4) is 0 Å². The fourth-order valence-electron chi connectivity index (χ4n) is 9.23. The number of hydrogen-bond donors (Lipinski definition) is 0. The Morgan fingerprint density at radius 3 is 1.48 bits per heavy atom. The maximum atomic E-state index is 7.45. The van der Waals surface area contributed by atoms with Crippen LogP contribution >= 0.6 is 17.0 Å². The topological polar surface area (TPSA) is 18.5 Å². The van der Waals surface area contributed by atoms with Gasteiger partial charge < -0.3 is 0 Å². The van der Waals surface area contributed by atoms with E-state index in [1.165, 1.54) is 55.6 Å². The van der Waals surface area contributed by atoms with E-state index in [2.05, 4.69) is 126 Å². The van der Waals surface area contributed by atoms with Gasteiger partial charge in [0.2, 0.25) is 0 Å². The van der Waals surface area contributed by atoms with Crippen molar-refractivity contribution in [2.24, 2.45) is 0 Å². The van der Waals surface area contributed by atoms with Crippen molar-refractivity contribution in [3.63, 3.8) is 0 Å². The molecular formula is C43H55Cl2O2Si2Zr. The third-order valence-electron chi connectivity index (χ3n) is 12.7. The molecule has 0 saturated carbocycles. The predicted octanol–water partition coefficient (Wildman–Crippen LogP) is 13.2. The summed E-state index contributed by atoms with van der Waals surface area (Å²) in [5, 5.41) is 0. The number of hydrogen-bond acceptors (Lipinski definition) is 2. The molecule has 0 aliphatic heterocycles. The molecule has 0 fully saturated rings. The van der Waals surface area contributed by atoms with Gasteiger partial charge in [-0.1, -0.05) is 0 Å². The molecule has 2 aliphatic carbocycles. The van der Waals surface area contributed by atoms with Crippen LogP contribution in [0, 0.1) is 0 Å². The van der Waals surface area contributed by atoms with Crippen molar-refractivity contribution in [1.29, 1.82) is 0 Å². The minimum atomic E-state index is -2.98. The monoisotopic (exact) mass is 819 g/mol. The average Bonchev–Trinajstić information content (AvgIpc) is 3.73. The van der Waals surface area contributed by atoms with E-state index < -0.39 is 36.0 Å². The molecular weight excluding hydrogens is 767 g/mol. The summed E-state index contributed by atoms with van der Waals surface area (Å²) in [6.07, 6.45) is 3.55. The molecule has 1 unspecified atom stereocenters. The van der Waals surface area contributed by atoms with Crippen molar-refractivity contribution in [3.8, 4) is 22.3 Å². The third-order valence-corrected chi connectivity index (χ3v) is 27.5. The predicted molar refractivity (Wildman–Crippen MR) is 216 cm³/mol. The first-order valence-corrected chi connectivity index (χ1v) is 31.9. The Morgan fingerprint density at radius 1 is 0.600 bits per heavy atom. The number of benzene rings is 4. The summed E-state index contributed by atoms with van der Waals surface area (Å²) in [6, 6.07) is 38.8. The molecule has 7 heteroatoms. The van der Waals surface area contributed by atoms with Gasteiger partial charge in [-0.3, -0.25) is 0 Å². The van der Waals surface area contributed by atoms with Crippen molar-refractivity contribution in [2.75, 3.05) is 6.61 Å². The van der Waals surface area contributed by atoms with Crippen molar-refractivity contribution >= 4 is 33.7 Å². The second-order valence-corrected chi connectivity index (χ2v) is 33.1. The molecule has 0 radical (unpaired) electrons. The van der Waals surface area contributed by atoms with Crippen LogP contribution in [0.1, 0.15) is 87.8 Å². The molecule has 4 aromatic rings. The Balaban J connectivity index is 1.60. The van der Waals surface area contributed by atoms with Gasteiger partial charge in [0.1, 0.15) is 0 Å². The van der Waals surface area contributed by atoms with Gasteiger partial charge in [-0.25, -0.2) is 0 Å². The van der Waals surface area contributed by atoms with Gasteiger partial charge in [0.25, 0.3) is 0 Å². The summed E-state index contributed by atoms with van der Waals surface area (Å²) < 4.78 is 14.5. The van der Waals surface area contributed by atoms with E-state index in [1.807, 2.05) is 0 Å². The van der Waals surface area contributed by atoms with E-state index in [0.29, 0.717) is 0 Å². The Bertz CT molecular complexity index is 1670. The summed E-state index contributed by atoms with van der Waals surface area (Å²) >= 11 is -2.98. The zero-order valence-corrected chi connectivity index (χ0v) is 37.0. The fraction of sp³-hybridized carbons (Fsp3) is 0.442. The standard InChI is InChI=1S/C43H55O2Si2.2ClH.Zr/c1-7-46(8-2,9-3)44-29-27-43(28-30-45-47(10-4,11-5)12-6,41-25-17-23-37-35-21-15-13-19-33(35)31-39(37)41)42-26-18-24-38-36-22-16-14-20-34(36)32-40(38)42;;;/h13-26,29H,7-12,27-28,30-32H2,1-6H3;2*1H;/q;;;+2/p-2. The fourth-order valence-corrected chi connectivity index (χ4v) is 20.9. The van der Waals surface area contributed by atoms with E-state index in [-0.39, 0.29) is 9.23 Å². The Labute approximate surface area is 319 Å². The molecule has 0 saturated heterocycles. The van der Waals surface area contributed by atoms with E-state index in [1.54, 1.807) is 0 Å². The van der Waals surface area contributed by atoms with Crippen LogP contribution in [0.4, 0.5) is 0 Å². The Hall–Kier alpha value is -1.30. The molecule has 6 rings (SSSR count). The second-order valence-electron chi connectivity index (χ2n) is 14.6. The number of halogens is 2. The second kappa shape index (κ2) is 16.4. The average molecular weight is 822 g/mol. The first-order chi connectivity index (χ1) is 24.2. The molecule has 2 nitrogen and oxygen atoms in total. The molecule has 0 amide bonds. The van der Waals surface area contributed by atoms with Crippen LogP contribution in [0.2, 0.25) is 36.3 Å². The molecule has 4 aromatic carbocycles. The van der Waals surface area contributed by atoms with E-state index in [0.717, 1.165) is 68.6 Å². The quantitative estimate of drug-likeness (QED) is 0.0853. The molecule has 50 heavy (non-hydrogen) atoms. The van der Waals surface area contributed by atoms with E-state index in [9.17, 15) is 0 Å². The molecule has 265 valence electrons. The van der Waals surface area contributed by atoms with Gasteiger partial charge in [-0.15, -0.1) is 0 Å². The summed E-state index contributed by atoms with van der Waals surface area (Å²) in [5.74, 6) is 0. The van der Waals surface area contributed by atoms with Gasteiger partial charge in [-0.2, -0.15) is 0 Å². The molecule has 0 heterocycles. The normalized spacial score (nSPS) is 14.2. The van der Waals surface area contributed by atoms with Crippen LogP contribution in [-0.4, -0.2) is 27.1 Å². The first kappa shape index (κ1) is 38.4. The van der Waals surface area contributed by atoms with Crippen LogP contribution in [-0.2, 0) is 46.5 Å². The van der Waals surface area contributed by atoms with Gasteiger partial charge in [0.05, 0.1) is 0 Å². The zero-order valence-electron chi connectivity index (χ0n) is 31.0. The molecule has 0 aromatic heterocycles. The van der Waals surface area contributed by atoms with E-state index >= 15 is 0 Å². The van der Waals surface area contributed by atoms with Crippen LogP contribution < -0.4 is 0 Å². The maximum absolute atomic E-state index is 7.45. The van der Waals surface area contributed by atoms with Gasteiger partial charge >= 0.3 is 322 Å². The zero-order chi connectivity index (χ0) is 35.5. The minimum absolute atomic E-state index is 0.114. The molecule has 1 atom stereocenters. The molecule has 0 N–H and O–H groups in total. The number of fused-ring (bicyclic) bond motifs is 6. The Kier molecular flexibility index (Phi) is 12.6. The van der Waals surface area contributed by atoms with Crippen LogP contribution in [0.25, 0.3) is 22.3 Å². The first-order valence-electron chi connectivity index (χ1n) is 19.1.